The van der Waals surface area contributed by atoms with E-state index in [2.05, 4.69) is 6.92 Å². The molecule has 0 aliphatic heterocycles. The van der Waals surface area contributed by atoms with Crippen LogP contribution in [-0.2, 0) is 0 Å². The van der Waals surface area contributed by atoms with Crippen molar-refractivity contribution in [3.8, 4) is 0 Å². The molecule has 13 heavy (non-hydrogen) atoms. The van der Waals surface area contributed by atoms with Gasteiger partial charge in [-0.15, -0.1) is 0 Å². The van der Waals surface area contributed by atoms with Crippen molar-refractivity contribution in [2.24, 2.45) is 11.8 Å². The highest BCUT2D eigenvalue weighted by Crippen LogP contribution is 2.44. The fourth-order valence-electron chi connectivity index (χ4n) is 3.45. The summed E-state index contributed by atoms with van der Waals surface area (Å²) in [6, 6.07) is 0. The van der Waals surface area contributed by atoms with E-state index in [1.54, 1.807) is 0 Å². The first-order valence-corrected chi connectivity index (χ1v) is 5.92. The molecule has 0 heterocycles. The molecule has 0 aromatic heterocycles. The summed E-state index contributed by atoms with van der Waals surface area (Å²) in [7, 11) is 0. The van der Waals surface area contributed by atoms with Crippen LogP contribution in [0.5, 0.6) is 0 Å². The Labute approximate surface area is 81.5 Å². The molecule has 0 aromatic rings. The first-order chi connectivity index (χ1) is 6.20. The zero-order valence-electron chi connectivity index (χ0n) is 8.76. The Hall–Kier alpha value is -0.0400. The number of aliphatic hydroxyl groups is 1. The fourth-order valence-corrected chi connectivity index (χ4v) is 3.45. The molecule has 0 amide bonds. The van der Waals surface area contributed by atoms with E-state index in [0.29, 0.717) is 5.92 Å². The van der Waals surface area contributed by atoms with Crippen LogP contribution in [-0.4, -0.2) is 10.7 Å². The van der Waals surface area contributed by atoms with E-state index in [4.69, 9.17) is 0 Å². The van der Waals surface area contributed by atoms with E-state index in [-0.39, 0.29) is 5.60 Å². The predicted octanol–water partition coefficient (Wildman–Crippen LogP) is 3.12. The molecule has 2 rings (SSSR count). The molecule has 76 valence electrons. The van der Waals surface area contributed by atoms with E-state index in [1.165, 1.54) is 44.9 Å². The number of hydrogen-bond donors (Lipinski definition) is 1. The summed E-state index contributed by atoms with van der Waals surface area (Å²) in [6.45, 7) is 2.06. The van der Waals surface area contributed by atoms with Gasteiger partial charge < -0.3 is 5.11 Å². The van der Waals surface area contributed by atoms with E-state index >= 15 is 0 Å². The molecule has 1 N–H and O–H groups in total. The lowest BCUT2D eigenvalue weighted by Crippen LogP contribution is -2.41. The maximum absolute atomic E-state index is 10.3. The minimum Gasteiger partial charge on any atom is -0.390 e. The van der Waals surface area contributed by atoms with Crippen LogP contribution in [0.3, 0.4) is 0 Å². The molecule has 1 heteroatoms. The summed E-state index contributed by atoms with van der Waals surface area (Å²) in [5, 5.41) is 10.3. The van der Waals surface area contributed by atoms with Crippen molar-refractivity contribution in [2.45, 2.75) is 63.9 Å². The largest absolute Gasteiger partial charge is 0.390 e. The van der Waals surface area contributed by atoms with Crippen LogP contribution in [0.1, 0.15) is 58.3 Å². The molecule has 2 saturated carbocycles. The van der Waals surface area contributed by atoms with Crippen LogP contribution < -0.4 is 0 Å². The Morgan fingerprint density at radius 3 is 2.23 bits per heavy atom. The second-order valence-electron chi connectivity index (χ2n) is 5.25. The maximum Gasteiger partial charge on any atom is 0.0650 e. The van der Waals surface area contributed by atoms with Crippen LogP contribution in [0.25, 0.3) is 0 Å². The van der Waals surface area contributed by atoms with E-state index in [0.717, 1.165) is 12.3 Å². The summed E-state index contributed by atoms with van der Waals surface area (Å²) < 4.78 is 0. The molecule has 2 atom stereocenters. The maximum atomic E-state index is 10.3. The molecule has 0 aromatic carbocycles. The molecular weight excluding hydrogens is 160 g/mol. The third-order valence-electron chi connectivity index (χ3n) is 4.22. The SMILES string of the molecule is C[C@@]1(O)CCCC[C@H]1C1CCCC1. The van der Waals surface area contributed by atoms with E-state index in [1.807, 2.05) is 0 Å². The normalized spacial score (nSPS) is 42.5. The van der Waals surface area contributed by atoms with Crippen molar-refractivity contribution >= 4 is 0 Å². The van der Waals surface area contributed by atoms with Crippen molar-refractivity contribution in [3.63, 3.8) is 0 Å². The van der Waals surface area contributed by atoms with Gasteiger partial charge in [0, 0.05) is 0 Å². The van der Waals surface area contributed by atoms with Gasteiger partial charge in [0.1, 0.15) is 0 Å². The van der Waals surface area contributed by atoms with Crippen molar-refractivity contribution in [1.82, 2.24) is 0 Å². The summed E-state index contributed by atoms with van der Waals surface area (Å²) in [4.78, 5) is 0. The molecule has 0 spiro atoms. The zero-order chi connectivity index (χ0) is 9.31. The third-order valence-corrected chi connectivity index (χ3v) is 4.22. The van der Waals surface area contributed by atoms with Crippen LogP contribution in [0, 0.1) is 11.8 Å². The summed E-state index contributed by atoms with van der Waals surface area (Å²) >= 11 is 0. The molecule has 2 aliphatic carbocycles. The standard InChI is InChI=1S/C12H22O/c1-12(13)9-5-4-8-11(12)10-6-2-3-7-10/h10-11,13H,2-9H2,1H3/t11-,12+/m0/s1. The minimum atomic E-state index is -0.340. The Kier molecular flexibility index (Phi) is 2.64. The lowest BCUT2D eigenvalue weighted by molar-refractivity contribution is -0.0550. The van der Waals surface area contributed by atoms with Gasteiger partial charge in [-0.3, -0.25) is 0 Å². The first-order valence-electron chi connectivity index (χ1n) is 5.92. The van der Waals surface area contributed by atoms with Gasteiger partial charge in [0.15, 0.2) is 0 Å². The Morgan fingerprint density at radius 2 is 1.62 bits per heavy atom. The number of hydrogen-bond acceptors (Lipinski definition) is 1. The molecule has 0 saturated heterocycles. The highest BCUT2D eigenvalue weighted by atomic mass is 16.3. The molecular formula is C12H22O. The molecule has 0 unspecified atom stereocenters. The second-order valence-corrected chi connectivity index (χ2v) is 5.25. The lowest BCUT2D eigenvalue weighted by Gasteiger charge is -2.40. The molecule has 2 aliphatic rings. The van der Waals surface area contributed by atoms with E-state index in [9.17, 15) is 5.11 Å². The zero-order valence-corrected chi connectivity index (χ0v) is 8.76. The van der Waals surface area contributed by atoms with Gasteiger partial charge >= 0.3 is 0 Å². The van der Waals surface area contributed by atoms with Crippen LogP contribution in [0.2, 0.25) is 0 Å². The minimum absolute atomic E-state index is 0.340. The lowest BCUT2D eigenvalue weighted by atomic mass is 9.70. The highest BCUT2D eigenvalue weighted by Gasteiger charge is 2.39. The fraction of sp³-hybridized carbons (Fsp3) is 1.00. The quantitative estimate of drug-likeness (QED) is 0.660. The van der Waals surface area contributed by atoms with Crippen LogP contribution in [0.15, 0.2) is 0 Å². The predicted molar refractivity (Wildman–Crippen MR) is 54.5 cm³/mol. The summed E-state index contributed by atoms with van der Waals surface area (Å²) in [6.07, 6.45) is 10.4. The first kappa shape index (κ1) is 9.51. The van der Waals surface area contributed by atoms with Gasteiger partial charge in [-0.2, -0.15) is 0 Å². The third kappa shape index (κ3) is 1.90. The van der Waals surface area contributed by atoms with Crippen molar-refractivity contribution in [3.05, 3.63) is 0 Å². The van der Waals surface area contributed by atoms with Crippen molar-refractivity contribution in [1.29, 1.82) is 0 Å². The Bertz CT molecular complexity index is 168. The van der Waals surface area contributed by atoms with Gasteiger partial charge in [-0.05, 0) is 31.6 Å². The van der Waals surface area contributed by atoms with E-state index < -0.39 is 0 Å². The average molecular weight is 182 g/mol. The molecule has 0 radical (unpaired) electrons. The smallest absolute Gasteiger partial charge is 0.0650 e. The molecule has 1 nitrogen and oxygen atoms in total. The second kappa shape index (κ2) is 3.61. The summed E-state index contributed by atoms with van der Waals surface area (Å²) in [5.74, 6) is 1.46. The van der Waals surface area contributed by atoms with Gasteiger partial charge in [0.25, 0.3) is 0 Å². The van der Waals surface area contributed by atoms with Gasteiger partial charge in [-0.25, -0.2) is 0 Å². The number of rotatable bonds is 1. The molecule has 0 bridgehead atoms. The van der Waals surface area contributed by atoms with Crippen LogP contribution >= 0.6 is 0 Å². The van der Waals surface area contributed by atoms with Crippen molar-refractivity contribution < 1.29 is 5.11 Å². The van der Waals surface area contributed by atoms with Gasteiger partial charge in [-0.1, -0.05) is 38.5 Å². The van der Waals surface area contributed by atoms with Gasteiger partial charge in [0.2, 0.25) is 0 Å². The Balaban J connectivity index is 2.02. The Morgan fingerprint density at radius 1 is 1.00 bits per heavy atom. The average Bonchev–Trinajstić information content (AvgIpc) is 2.55. The summed E-state index contributed by atoms with van der Waals surface area (Å²) in [5.41, 5.74) is -0.340. The molecule has 2 fully saturated rings. The topological polar surface area (TPSA) is 20.2 Å². The van der Waals surface area contributed by atoms with Gasteiger partial charge in [0.05, 0.1) is 5.60 Å². The monoisotopic (exact) mass is 182 g/mol. The van der Waals surface area contributed by atoms with Crippen molar-refractivity contribution in [2.75, 3.05) is 0 Å². The highest BCUT2D eigenvalue weighted by molar-refractivity contribution is 4.91. The van der Waals surface area contributed by atoms with Crippen LogP contribution in [0.4, 0.5) is 0 Å².